The Balaban J connectivity index is 0.000000414. The molecule has 41 heavy (non-hydrogen) atoms. The minimum atomic E-state index is -5.17. The van der Waals surface area contributed by atoms with Crippen molar-refractivity contribution in [1.82, 2.24) is 10.6 Å². The molecule has 0 spiro atoms. The van der Waals surface area contributed by atoms with Crippen LogP contribution in [-0.2, 0) is 19.1 Å². The van der Waals surface area contributed by atoms with Crippen molar-refractivity contribution in [3.8, 4) is 0 Å². The van der Waals surface area contributed by atoms with Crippen molar-refractivity contribution in [2.75, 3.05) is 13.2 Å². The first-order chi connectivity index (χ1) is 19.0. The molecule has 0 aromatic heterocycles. The van der Waals surface area contributed by atoms with E-state index >= 15 is 0 Å². The molecular weight excluding hydrogens is 586 g/mol. The van der Waals surface area contributed by atoms with Gasteiger partial charge in [-0.25, -0.2) is 22.4 Å². The van der Waals surface area contributed by atoms with E-state index in [0.29, 0.717) is 36.4 Å². The Morgan fingerprint density at radius 3 is 1.73 bits per heavy atom. The standard InChI is InChI=1S/C13H10F5NO3.C11H10F5NO2/c1-2-22-12(21)11(19-6-20)10(13(16,17)18)7-3-8(14)5-9(15)4-7;12-7-1-6(2-8(13)3-7)10(11(14,15)16)9(4-18)17-5-19/h3-6H,2H2,1H3,(H,19,20);1-3,5,9-10,18H,4H2,(H,17,19). The van der Waals surface area contributed by atoms with Crippen LogP contribution in [0.15, 0.2) is 42.1 Å². The Kier molecular flexibility index (Phi) is 12.8. The van der Waals surface area contributed by atoms with Crippen LogP contribution >= 0.6 is 0 Å². The fourth-order valence-electron chi connectivity index (χ4n) is 3.39. The monoisotopic (exact) mass is 606 g/mol. The highest BCUT2D eigenvalue weighted by molar-refractivity contribution is 6.00. The van der Waals surface area contributed by atoms with Crippen molar-refractivity contribution in [3.05, 3.63) is 76.5 Å². The molecule has 0 aliphatic carbocycles. The van der Waals surface area contributed by atoms with Crippen LogP contribution in [0.4, 0.5) is 43.9 Å². The molecular formula is C24H20F10N2O5. The van der Waals surface area contributed by atoms with Crippen LogP contribution in [0.1, 0.15) is 24.0 Å². The van der Waals surface area contributed by atoms with Crippen LogP contribution in [0, 0.1) is 23.3 Å². The largest absolute Gasteiger partial charge is 0.461 e. The number of hydrogen-bond acceptors (Lipinski definition) is 5. The first-order valence-electron chi connectivity index (χ1n) is 11.0. The Morgan fingerprint density at radius 2 is 1.37 bits per heavy atom. The number of nitrogens with one attached hydrogen (secondary N) is 2. The van der Waals surface area contributed by atoms with E-state index in [-0.39, 0.29) is 19.4 Å². The predicted molar refractivity (Wildman–Crippen MR) is 120 cm³/mol. The third-order valence-electron chi connectivity index (χ3n) is 4.85. The summed E-state index contributed by atoms with van der Waals surface area (Å²) < 4.78 is 135. The van der Waals surface area contributed by atoms with E-state index in [1.54, 1.807) is 10.6 Å². The molecule has 0 fully saturated rings. The topological polar surface area (TPSA) is 105 Å². The Labute approximate surface area is 224 Å². The zero-order valence-corrected chi connectivity index (χ0v) is 20.5. The summed E-state index contributed by atoms with van der Waals surface area (Å²) >= 11 is 0. The Morgan fingerprint density at radius 1 is 0.878 bits per heavy atom. The third-order valence-corrected chi connectivity index (χ3v) is 4.85. The van der Waals surface area contributed by atoms with Crippen LogP contribution < -0.4 is 10.6 Å². The quantitative estimate of drug-likeness (QED) is 0.162. The van der Waals surface area contributed by atoms with Crippen molar-refractivity contribution < 1.29 is 68.1 Å². The molecule has 2 aromatic carbocycles. The second-order valence-corrected chi connectivity index (χ2v) is 7.68. The van der Waals surface area contributed by atoms with Gasteiger partial charge in [0.25, 0.3) is 0 Å². The molecule has 3 N–H and O–H groups in total. The van der Waals surface area contributed by atoms with Crippen molar-refractivity contribution >= 4 is 24.4 Å². The van der Waals surface area contributed by atoms with Gasteiger partial charge in [0.15, 0.2) is 0 Å². The summed E-state index contributed by atoms with van der Waals surface area (Å²) in [5, 5.41) is 12.2. The lowest BCUT2D eigenvalue weighted by Gasteiger charge is -2.27. The predicted octanol–water partition coefficient (Wildman–Crippen LogP) is 4.26. The first kappa shape index (κ1) is 34.9. The van der Waals surface area contributed by atoms with Gasteiger partial charge in [-0.15, -0.1) is 0 Å². The summed E-state index contributed by atoms with van der Waals surface area (Å²) in [7, 11) is 0. The van der Waals surface area contributed by atoms with Gasteiger partial charge in [0.05, 0.1) is 24.8 Å². The molecule has 2 aromatic rings. The fraction of sp³-hybridized carbons (Fsp3) is 0.292. The third kappa shape index (κ3) is 10.4. The summed E-state index contributed by atoms with van der Waals surface area (Å²) in [5.74, 6) is -8.78. The number of allylic oxidation sites excluding steroid dienone is 1. The number of rotatable bonds is 10. The number of halogens is 10. The fourth-order valence-corrected chi connectivity index (χ4v) is 3.39. The van der Waals surface area contributed by atoms with Crippen molar-refractivity contribution in [2.24, 2.45) is 0 Å². The molecule has 0 bridgehead atoms. The minimum absolute atomic E-state index is 0.0186. The highest BCUT2D eigenvalue weighted by Gasteiger charge is 2.46. The van der Waals surface area contributed by atoms with Crippen molar-refractivity contribution in [3.63, 3.8) is 0 Å². The Bertz CT molecular complexity index is 1210. The lowest BCUT2D eigenvalue weighted by molar-refractivity contribution is -0.160. The van der Waals surface area contributed by atoms with Crippen LogP contribution in [-0.4, -0.2) is 55.5 Å². The molecule has 226 valence electrons. The summed E-state index contributed by atoms with van der Waals surface area (Å²) in [4.78, 5) is 32.3. The minimum Gasteiger partial charge on any atom is -0.461 e. The maximum Gasteiger partial charge on any atom is 0.419 e. The van der Waals surface area contributed by atoms with Gasteiger partial charge < -0.3 is 20.5 Å². The number of benzene rings is 2. The lowest BCUT2D eigenvalue weighted by atomic mass is 9.91. The van der Waals surface area contributed by atoms with E-state index in [1.165, 1.54) is 6.92 Å². The number of ether oxygens (including phenoxy) is 1. The number of carbonyl (C=O) groups excluding carboxylic acids is 3. The maximum absolute atomic E-state index is 13.2. The number of esters is 1. The molecule has 2 amide bonds. The van der Waals surface area contributed by atoms with Gasteiger partial charge >= 0.3 is 18.3 Å². The molecule has 0 aliphatic rings. The molecule has 0 aliphatic heterocycles. The van der Waals surface area contributed by atoms with Gasteiger partial charge in [-0.1, -0.05) is 0 Å². The van der Waals surface area contributed by atoms with E-state index in [1.807, 2.05) is 0 Å². The maximum atomic E-state index is 13.2. The molecule has 2 rings (SSSR count). The average molecular weight is 606 g/mol. The number of carbonyl (C=O) groups is 3. The normalized spacial score (nSPS) is 13.6. The number of alkyl halides is 6. The van der Waals surface area contributed by atoms with Gasteiger partial charge in [0.1, 0.15) is 34.9 Å². The van der Waals surface area contributed by atoms with E-state index < -0.39 is 82.6 Å². The van der Waals surface area contributed by atoms with Gasteiger partial charge in [-0.05, 0) is 42.3 Å². The van der Waals surface area contributed by atoms with E-state index in [0.717, 1.165) is 0 Å². The molecule has 7 nitrogen and oxygen atoms in total. The van der Waals surface area contributed by atoms with E-state index in [9.17, 15) is 58.3 Å². The van der Waals surface area contributed by atoms with Gasteiger partial charge in [-0.2, -0.15) is 26.3 Å². The summed E-state index contributed by atoms with van der Waals surface area (Å²) in [5.41, 5.74) is -4.63. The summed E-state index contributed by atoms with van der Waals surface area (Å²) in [6.45, 7) is 0.0537. The SMILES string of the molecule is CCOC(=O)C(NC=O)=C(c1cc(F)cc(F)c1)C(F)(F)F.O=CNC(CO)C(c1cc(F)cc(F)c1)C(F)(F)F. The van der Waals surface area contributed by atoms with Crippen LogP contribution in [0.3, 0.4) is 0 Å². The van der Waals surface area contributed by atoms with Gasteiger partial charge in [0.2, 0.25) is 12.8 Å². The Hall–Kier alpha value is -4.15. The zero-order chi connectivity index (χ0) is 31.5. The second kappa shape index (κ2) is 15.0. The molecule has 17 heteroatoms. The van der Waals surface area contributed by atoms with Crippen LogP contribution in [0.5, 0.6) is 0 Å². The van der Waals surface area contributed by atoms with Gasteiger partial charge in [-0.3, -0.25) is 9.59 Å². The average Bonchev–Trinajstić information content (AvgIpc) is 2.81. The smallest absolute Gasteiger partial charge is 0.419 e. The van der Waals surface area contributed by atoms with Crippen molar-refractivity contribution in [2.45, 2.75) is 31.2 Å². The molecule has 0 heterocycles. The summed E-state index contributed by atoms with van der Waals surface area (Å²) in [6.07, 6.45) is -10.2. The molecule has 0 radical (unpaired) electrons. The lowest BCUT2D eigenvalue weighted by Crippen LogP contribution is -2.43. The van der Waals surface area contributed by atoms with Gasteiger partial charge in [0, 0.05) is 12.1 Å². The van der Waals surface area contributed by atoms with Crippen LogP contribution in [0.2, 0.25) is 0 Å². The molecule has 0 saturated heterocycles. The van der Waals surface area contributed by atoms with Crippen molar-refractivity contribution in [1.29, 1.82) is 0 Å². The zero-order valence-electron chi connectivity index (χ0n) is 20.5. The van der Waals surface area contributed by atoms with E-state index in [2.05, 4.69) is 4.74 Å². The molecule has 2 atom stereocenters. The van der Waals surface area contributed by atoms with Crippen LogP contribution in [0.25, 0.3) is 5.57 Å². The molecule has 2 unspecified atom stereocenters. The highest BCUT2D eigenvalue weighted by Crippen LogP contribution is 2.38. The second-order valence-electron chi connectivity index (χ2n) is 7.68. The number of aliphatic hydroxyl groups is 1. The first-order valence-corrected chi connectivity index (χ1v) is 11.0. The highest BCUT2D eigenvalue weighted by atomic mass is 19.4. The van der Waals surface area contributed by atoms with E-state index in [4.69, 9.17) is 5.11 Å². The number of hydrogen-bond donors (Lipinski definition) is 3. The summed E-state index contributed by atoms with van der Waals surface area (Å²) in [6, 6.07) is 0.869. The number of aliphatic hydroxyl groups excluding tert-OH is 1. The number of amides is 2. The molecule has 0 saturated carbocycles.